The molecule has 0 unspecified atom stereocenters. The molecule has 1 aromatic rings. The zero-order chi connectivity index (χ0) is 14.3. The lowest BCUT2D eigenvalue weighted by Crippen LogP contribution is -2.41. The van der Waals surface area contributed by atoms with Crippen molar-refractivity contribution < 1.29 is 24.2 Å². The molecule has 1 rings (SSSR count). The summed E-state index contributed by atoms with van der Waals surface area (Å²) in [6.07, 6.45) is -0.357. The number of carbonyl (C=O) groups excluding carboxylic acids is 1. The number of halogens is 1. The fourth-order valence-electron chi connectivity index (χ4n) is 1.43. The maximum Gasteiger partial charge on any atom is 0.321 e. The molecule has 0 aliphatic heterocycles. The Hall–Kier alpha value is -1.99. The second kappa shape index (κ2) is 7.45. The minimum Gasteiger partial charge on any atom is -0.480 e. The molecule has 6 nitrogen and oxygen atoms in total. The van der Waals surface area contributed by atoms with Gasteiger partial charge in [0.15, 0.2) is 0 Å². The zero-order valence-electron chi connectivity index (χ0n) is 10.1. The highest BCUT2D eigenvalue weighted by atomic mass is 19.1. The predicted octanol–water partition coefficient (Wildman–Crippen LogP) is 0.189. The second-order valence-electron chi connectivity index (χ2n) is 3.80. The van der Waals surface area contributed by atoms with Crippen molar-refractivity contribution in [1.82, 2.24) is 5.32 Å². The molecule has 0 aliphatic carbocycles. The Balaban J connectivity index is 2.58. The van der Waals surface area contributed by atoms with E-state index in [1.54, 1.807) is 6.07 Å². The number of hydrogen-bond acceptors (Lipinski definition) is 4. The van der Waals surface area contributed by atoms with Crippen LogP contribution in [0, 0.1) is 5.82 Å². The van der Waals surface area contributed by atoms with E-state index in [0.29, 0.717) is 0 Å². The molecule has 0 heterocycles. The van der Waals surface area contributed by atoms with Gasteiger partial charge >= 0.3 is 5.97 Å². The van der Waals surface area contributed by atoms with Crippen molar-refractivity contribution >= 4 is 17.6 Å². The number of hydrogen-bond donors (Lipinski definition) is 4. The van der Waals surface area contributed by atoms with Gasteiger partial charge in [-0.15, -0.1) is 0 Å². The number of carbonyl (C=O) groups is 2. The molecule has 7 heteroatoms. The van der Waals surface area contributed by atoms with Crippen molar-refractivity contribution in [2.75, 3.05) is 18.5 Å². The Labute approximate surface area is 109 Å². The molecule has 1 amide bonds. The van der Waals surface area contributed by atoms with Gasteiger partial charge in [0.05, 0.1) is 18.7 Å². The third-order valence-corrected chi connectivity index (χ3v) is 2.34. The molecule has 19 heavy (non-hydrogen) atoms. The third kappa shape index (κ3) is 5.02. The topological polar surface area (TPSA) is 98.7 Å². The minimum atomic E-state index is -1.21. The van der Waals surface area contributed by atoms with E-state index in [4.69, 9.17) is 10.2 Å². The monoisotopic (exact) mass is 270 g/mol. The number of benzene rings is 1. The average molecular weight is 270 g/mol. The highest BCUT2D eigenvalue weighted by Gasteiger charge is 2.20. The molecule has 0 saturated heterocycles. The molecule has 1 aromatic carbocycles. The van der Waals surface area contributed by atoms with Crippen LogP contribution in [-0.2, 0) is 9.59 Å². The van der Waals surface area contributed by atoms with Crippen molar-refractivity contribution in [3.63, 3.8) is 0 Å². The first-order chi connectivity index (χ1) is 9.04. The molecule has 0 bridgehead atoms. The van der Waals surface area contributed by atoms with Crippen LogP contribution in [0.2, 0.25) is 0 Å². The zero-order valence-corrected chi connectivity index (χ0v) is 10.1. The Bertz CT molecular complexity index is 453. The summed E-state index contributed by atoms with van der Waals surface area (Å²) in [5, 5.41) is 22.3. The number of aliphatic hydroxyl groups is 1. The first-order valence-electron chi connectivity index (χ1n) is 5.66. The first kappa shape index (κ1) is 15.1. The number of carboxylic acid groups (broad SMARTS) is 1. The summed E-state index contributed by atoms with van der Waals surface area (Å²) in [5.41, 5.74) is -0.00111. The summed E-state index contributed by atoms with van der Waals surface area (Å²) in [6, 6.07) is 4.47. The maximum absolute atomic E-state index is 13.3. The van der Waals surface area contributed by atoms with Crippen LogP contribution in [0.3, 0.4) is 0 Å². The normalized spacial score (nSPS) is 11.9. The Morgan fingerprint density at radius 3 is 2.58 bits per heavy atom. The van der Waals surface area contributed by atoms with Gasteiger partial charge in [-0.25, -0.2) is 4.39 Å². The lowest BCUT2D eigenvalue weighted by molar-refractivity contribution is -0.141. The van der Waals surface area contributed by atoms with Crippen molar-refractivity contribution in [3.05, 3.63) is 30.1 Å². The Morgan fingerprint density at radius 2 is 2.00 bits per heavy atom. The highest BCUT2D eigenvalue weighted by Crippen LogP contribution is 2.12. The van der Waals surface area contributed by atoms with Gasteiger partial charge < -0.3 is 20.8 Å². The van der Waals surface area contributed by atoms with E-state index >= 15 is 0 Å². The molecule has 4 N–H and O–H groups in total. The standard InChI is InChI=1S/C12H15FN2O4/c13-8-3-1-2-4-9(8)15-11(17)7-10(12(18)19)14-5-6-16/h1-4,10,14,16H,5-7H2,(H,15,17)(H,18,19)/t10-/m1/s1. The van der Waals surface area contributed by atoms with E-state index < -0.39 is 23.7 Å². The van der Waals surface area contributed by atoms with E-state index in [9.17, 15) is 14.0 Å². The SMILES string of the molecule is O=C(C[C@@H](NCCO)C(=O)O)Nc1ccccc1F. The van der Waals surface area contributed by atoms with Crippen LogP contribution in [0.5, 0.6) is 0 Å². The average Bonchev–Trinajstić information content (AvgIpc) is 2.37. The maximum atomic E-state index is 13.3. The number of para-hydroxylation sites is 1. The lowest BCUT2D eigenvalue weighted by atomic mass is 10.2. The van der Waals surface area contributed by atoms with E-state index in [1.807, 2.05) is 0 Å². The number of amides is 1. The fourth-order valence-corrected chi connectivity index (χ4v) is 1.43. The highest BCUT2D eigenvalue weighted by molar-refractivity contribution is 5.94. The minimum absolute atomic E-state index is 0.00111. The van der Waals surface area contributed by atoms with E-state index in [2.05, 4.69) is 10.6 Å². The molecule has 0 spiro atoms. The van der Waals surface area contributed by atoms with Crippen LogP contribution in [-0.4, -0.2) is 41.3 Å². The quantitative estimate of drug-likeness (QED) is 0.567. The van der Waals surface area contributed by atoms with Gasteiger partial charge in [-0.3, -0.25) is 9.59 Å². The van der Waals surface area contributed by atoms with Gasteiger partial charge in [0, 0.05) is 6.54 Å². The number of anilines is 1. The van der Waals surface area contributed by atoms with E-state index in [-0.39, 0.29) is 25.3 Å². The van der Waals surface area contributed by atoms with E-state index in [1.165, 1.54) is 18.2 Å². The number of carboxylic acids is 1. The number of nitrogens with one attached hydrogen (secondary N) is 2. The molecule has 0 saturated carbocycles. The van der Waals surface area contributed by atoms with Gasteiger partial charge in [0.25, 0.3) is 0 Å². The van der Waals surface area contributed by atoms with Crippen molar-refractivity contribution in [3.8, 4) is 0 Å². The lowest BCUT2D eigenvalue weighted by Gasteiger charge is -2.13. The summed E-state index contributed by atoms with van der Waals surface area (Å²) in [6.45, 7) is -0.178. The molecule has 1 atom stereocenters. The van der Waals surface area contributed by atoms with Crippen molar-refractivity contribution in [2.24, 2.45) is 0 Å². The summed E-state index contributed by atoms with van der Waals surface area (Å²) >= 11 is 0. The van der Waals surface area contributed by atoms with Crippen molar-refractivity contribution in [2.45, 2.75) is 12.5 Å². The molecule has 0 radical (unpaired) electrons. The van der Waals surface area contributed by atoms with Crippen LogP contribution in [0.1, 0.15) is 6.42 Å². The number of rotatable bonds is 7. The summed E-state index contributed by atoms with van der Waals surface area (Å²) in [4.78, 5) is 22.5. The van der Waals surface area contributed by atoms with Gasteiger partial charge in [-0.05, 0) is 12.1 Å². The summed E-state index contributed by atoms with van der Waals surface area (Å²) < 4.78 is 13.3. The predicted molar refractivity (Wildman–Crippen MR) is 66.2 cm³/mol. The molecule has 0 aliphatic rings. The van der Waals surface area contributed by atoms with Gasteiger partial charge in [-0.2, -0.15) is 0 Å². The summed E-state index contributed by atoms with van der Waals surface area (Å²) in [5.74, 6) is -2.42. The largest absolute Gasteiger partial charge is 0.480 e. The first-order valence-corrected chi connectivity index (χ1v) is 5.66. The van der Waals surface area contributed by atoms with Crippen LogP contribution < -0.4 is 10.6 Å². The Morgan fingerprint density at radius 1 is 1.32 bits per heavy atom. The van der Waals surface area contributed by atoms with Gasteiger partial charge in [0.1, 0.15) is 11.9 Å². The van der Waals surface area contributed by atoms with Crippen LogP contribution in [0.25, 0.3) is 0 Å². The van der Waals surface area contributed by atoms with Crippen LogP contribution in [0.4, 0.5) is 10.1 Å². The number of aliphatic hydroxyl groups excluding tert-OH is 1. The molecular formula is C12H15FN2O4. The van der Waals surface area contributed by atoms with Crippen LogP contribution in [0.15, 0.2) is 24.3 Å². The second-order valence-corrected chi connectivity index (χ2v) is 3.80. The Kier molecular flexibility index (Phi) is 5.91. The van der Waals surface area contributed by atoms with Crippen LogP contribution >= 0.6 is 0 Å². The van der Waals surface area contributed by atoms with Crippen molar-refractivity contribution in [1.29, 1.82) is 0 Å². The van der Waals surface area contributed by atoms with Gasteiger partial charge in [0.2, 0.25) is 5.91 Å². The van der Waals surface area contributed by atoms with Gasteiger partial charge in [-0.1, -0.05) is 12.1 Å². The summed E-state index contributed by atoms with van der Waals surface area (Å²) in [7, 11) is 0. The smallest absolute Gasteiger partial charge is 0.321 e. The third-order valence-electron chi connectivity index (χ3n) is 2.34. The number of aliphatic carboxylic acids is 1. The fraction of sp³-hybridized carbons (Fsp3) is 0.333. The molecule has 0 fully saturated rings. The molecule has 0 aromatic heterocycles. The van der Waals surface area contributed by atoms with E-state index in [0.717, 1.165) is 0 Å². The molecular weight excluding hydrogens is 255 g/mol. The molecule has 104 valence electrons.